The van der Waals surface area contributed by atoms with E-state index in [4.69, 9.17) is 12.2 Å². The lowest BCUT2D eigenvalue weighted by atomic mass is 10.0. The topological polar surface area (TPSA) is 77.8 Å². The Bertz CT molecular complexity index is 1050. The minimum atomic E-state index is -0.258. The van der Waals surface area contributed by atoms with E-state index in [1.165, 1.54) is 0 Å². The van der Waals surface area contributed by atoms with Crippen molar-refractivity contribution in [1.29, 1.82) is 0 Å². The van der Waals surface area contributed by atoms with Gasteiger partial charge in [-0.2, -0.15) is 0 Å². The first-order valence-corrected chi connectivity index (χ1v) is 8.65. The van der Waals surface area contributed by atoms with Gasteiger partial charge >= 0.3 is 0 Å². The maximum atomic E-state index is 12.7. The number of carbonyl (C=O) groups is 1. The van der Waals surface area contributed by atoms with E-state index in [1.54, 1.807) is 18.2 Å². The Morgan fingerprint density at radius 3 is 2.60 bits per heavy atom. The zero-order chi connectivity index (χ0) is 17.4. The predicted molar refractivity (Wildman–Crippen MR) is 99.1 cm³/mol. The molecular weight excluding hydrogens is 334 g/mol. The molecule has 6 heteroatoms. The number of rotatable bonds is 4. The highest BCUT2D eigenvalue weighted by molar-refractivity contribution is 7.71. The lowest BCUT2D eigenvalue weighted by molar-refractivity contribution is 0.0932. The Hall–Kier alpha value is -2.73. The molecule has 0 saturated heterocycles. The lowest BCUT2D eigenvalue weighted by Crippen LogP contribution is -2.30. The average Bonchev–Trinajstić information content (AvgIpc) is 3.44. The second-order valence-electron chi connectivity index (χ2n) is 6.37. The zero-order valence-electron chi connectivity index (χ0n) is 13.4. The monoisotopic (exact) mass is 351 g/mol. The molecule has 1 fully saturated rings. The molecule has 1 aromatic heterocycles. The van der Waals surface area contributed by atoms with Crippen LogP contribution in [0.1, 0.15) is 34.8 Å². The van der Waals surface area contributed by atoms with Gasteiger partial charge in [0, 0.05) is 5.56 Å². The molecule has 0 radical (unpaired) electrons. The third-order valence-corrected chi connectivity index (χ3v) is 4.74. The van der Waals surface area contributed by atoms with Gasteiger partial charge in [0.05, 0.1) is 16.9 Å². The van der Waals surface area contributed by atoms with Gasteiger partial charge in [0.15, 0.2) is 4.77 Å². The molecule has 3 N–H and O–H groups in total. The van der Waals surface area contributed by atoms with Crippen molar-refractivity contribution < 1.29 is 4.79 Å². The summed E-state index contributed by atoms with van der Waals surface area (Å²) >= 11 is 5.00. The van der Waals surface area contributed by atoms with Crippen LogP contribution in [0.4, 0.5) is 0 Å². The van der Waals surface area contributed by atoms with E-state index in [9.17, 15) is 9.59 Å². The van der Waals surface area contributed by atoms with Gasteiger partial charge < -0.3 is 10.3 Å². The molecule has 1 aliphatic carbocycles. The molecule has 5 nitrogen and oxygen atoms in total. The molecule has 1 aliphatic rings. The standard InChI is InChI=1S/C19H17N3O2S/c23-17(21-16(12-6-7-12)11-4-2-1-3-5-11)13-8-9-14-15(10-13)20-19(25)22-18(14)24/h1-5,8-10,12,16H,6-7H2,(H,21,23)(H2,20,22,24,25)/t16-/m0/s1. The van der Waals surface area contributed by atoms with Crippen LogP contribution in [0.25, 0.3) is 10.9 Å². The largest absolute Gasteiger partial charge is 0.345 e. The van der Waals surface area contributed by atoms with Crippen molar-refractivity contribution in [1.82, 2.24) is 15.3 Å². The molecule has 1 saturated carbocycles. The number of H-pyrrole nitrogens is 2. The summed E-state index contributed by atoms with van der Waals surface area (Å²) in [6, 6.07) is 15.0. The van der Waals surface area contributed by atoms with Crippen LogP contribution in [0.5, 0.6) is 0 Å². The molecule has 2 aromatic carbocycles. The zero-order valence-corrected chi connectivity index (χ0v) is 14.2. The van der Waals surface area contributed by atoms with Crippen molar-refractivity contribution in [3.05, 3.63) is 74.8 Å². The number of amides is 1. The normalized spacial score (nSPS) is 15.0. The van der Waals surface area contributed by atoms with Crippen LogP contribution in [-0.2, 0) is 0 Å². The molecule has 25 heavy (non-hydrogen) atoms. The van der Waals surface area contributed by atoms with Crippen LogP contribution < -0.4 is 10.9 Å². The molecule has 1 amide bonds. The highest BCUT2D eigenvalue weighted by Gasteiger charge is 2.33. The summed E-state index contributed by atoms with van der Waals surface area (Å²) < 4.78 is 0.246. The molecule has 0 bridgehead atoms. The summed E-state index contributed by atoms with van der Waals surface area (Å²) in [5.41, 5.74) is 1.93. The van der Waals surface area contributed by atoms with Crippen molar-refractivity contribution in [3.8, 4) is 0 Å². The van der Waals surface area contributed by atoms with Gasteiger partial charge in [0.2, 0.25) is 0 Å². The van der Waals surface area contributed by atoms with E-state index in [2.05, 4.69) is 15.3 Å². The Morgan fingerprint density at radius 1 is 1.12 bits per heavy atom. The van der Waals surface area contributed by atoms with Gasteiger partial charge in [-0.05, 0) is 54.7 Å². The SMILES string of the molecule is O=C(N[C@@H](c1ccccc1)C1CC1)c1ccc2c(=O)[nH]c(=S)[nH]c2c1. The van der Waals surface area contributed by atoms with Crippen molar-refractivity contribution in [2.75, 3.05) is 0 Å². The Kier molecular flexibility index (Phi) is 3.97. The van der Waals surface area contributed by atoms with Crippen molar-refractivity contribution in [3.63, 3.8) is 0 Å². The van der Waals surface area contributed by atoms with Gasteiger partial charge in [0.25, 0.3) is 11.5 Å². The fourth-order valence-electron chi connectivity index (χ4n) is 3.10. The number of aromatic amines is 2. The maximum Gasteiger partial charge on any atom is 0.259 e. The van der Waals surface area contributed by atoms with Crippen molar-refractivity contribution in [2.45, 2.75) is 18.9 Å². The lowest BCUT2D eigenvalue weighted by Gasteiger charge is -2.19. The van der Waals surface area contributed by atoms with Gasteiger partial charge in [-0.3, -0.25) is 14.6 Å². The molecule has 3 aromatic rings. The third kappa shape index (κ3) is 3.25. The summed E-state index contributed by atoms with van der Waals surface area (Å²) in [7, 11) is 0. The minimum absolute atomic E-state index is 0.0158. The van der Waals surface area contributed by atoms with Crippen LogP contribution in [0, 0.1) is 10.7 Å². The first-order valence-electron chi connectivity index (χ1n) is 8.24. The van der Waals surface area contributed by atoms with Gasteiger partial charge in [-0.15, -0.1) is 0 Å². The molecule has 1 heterocycles. The van der Waals surface area contributed by atoms with Gasteiger partial charge in [-0.1, -0.05) is 30.3 Å². The summed E-state index contributed by atoms with van der Waals surface area (Å²) in [4.78, 5) is 30.1. The molecule has 1 atom stereocenters. The van der Waals surface area contributed by atoms with E-state index < -0.39 is 0 Å². The number of fused-ring (bicyclic) bond motifs is 1. The van der Waals surface area contributed by atoms with Crippen LogP contribution in [-0.4, -0.2) is 15.9 Å². The van der Waals surface area contributed by atoms with Gasteiger partial charge in [-0.25, -0.2) is 0 Å². The molecule has 4 rings (SSSR count). The number of carbonyl (C=O) groups excluding carboxylic acids is 1. The van der Waals surface area contributed by atoms with Crippen molar-refractivity contribution in [2.24, 2.45) is 5.92 Å². The van der Waals surface area contributed by atoms with Crippen LogP contribution >= 0.6 is 12.2 Å². The Morgan fingerprint density at radius 2 is 1.88 bits per heavy atom. The van der Waals surface area contributed by atoms with Gasteiger partial charge in [0.1, 0.15) is 0 Å². The first-order chi connectivity index (χ1) is 12.1. The first kappa shape index (κ1) is 15.8. The second-order valence-corrected chi connectivity index (χ2v) is 6.78. The second kappa shape index (κ2) is 6.29. The summed E-state index contributed by atoms with van der Waals surface area (Å²) in [5, 5.41) is 3.62. The number of nitrogens with one attached hydrogen (secondary N) is 3. The van der Waals surface area contributed by atoms with Crippen LogP contribution in [0.15, 0.2) is 53.3 Å². The number of benzene rings is 2. The highest BCUT2D eigenvalue weighted by Crippen LogP contribution is 2.41. The molecule has 0 unspecified atom stereocenters. The minimum Gasteiger partial charge on any atom is -0.345 e. The maximum absolute atomic E-state index is 12.7. The molecule has 0 aliphatic heterocycles. The van der Waals surface area contributed by atoms with E-state index in [0.717, 1.165) is 18.4 Å². The smallest absolute Gasteiger partial charge is 0.259 e. The Labute approximate surface area is 149 Å². The van der Waals surface area contributed by atoms with E-state index in [0.29, 0.717) is 22.4 Å². The van der Waals surface area contributed by atoms with Crippen LogP contribution in [0.2, 0.25) is 0 Å². The van der Waals surface area contributed by atoms with E-state index >= 15 is 0 Å². The summed E-state index contributed by atoms with van der Waals surface area (Å²) in [5.74, 6) is 0.336. The summed E-state index contributed by atoms with van der Waals surface area (Å²) in [6.45, 7) is 0. The van der Waals surface area contributed by atoms with E-state index in [1.807, 2.05) is 30.3 Å². The molecule has 0 spiro atoms. The third-order valence-electron chi connectivity index (χ3n) is 4.54. The fourth-order valence-corrected chi connectivity index (χ4v) is 3.30. The number of aromatic nitrogens is 2. The number of hydrogen-bond donors (Lipinski definition) is 3. The number of hydrogen-bond acceptors (Lipinski definition) is 3. The summed E-state index contributed by atoms with van der Waals surface area (Å²) in [6.07, 6.45) is 2.25. The predicted octanol–water partition coefficient (Wildman–Crippen LogP) is 3.47. The van der Waals surface area contributed by atoms with Crippen LogP contribution in [0.3, 0.4) is 0 Å². The fraction of sp³-hybridized carbons (Fsp3) is 0.211. The van der Waals surface area contributed by atoms with E-state index in [-0.39, 0.29) is 22.3 Å². The molecular formula is C19H17N3O2S. The Balaban J connectivity index is 1.65. The average molecular weight is 351 g/mol. The van der Waals surface area contributed by atoms with Crippen molar-refractivity contribution >= 4 is 29.0 Å². The highest BCUT2D eigenvalue weighted by atomic mass is 32.1. The quantitative estimate of drug-likeness (QED) is 0.630. The molecule has 126 valence electrons.